The normalized spacial score (nSPS) is 17.5. The van der Waals surface area contributed by atoms with Crippen LogP contribution in [0.5, 0.6) is 0 Å². The Kier molecular flexibility index (Phi) is 5.55. The molecule has 0 aromatic rings. The average molecular weight is 186 g/mol. The van der Waals surface area contributed by atoms with Crippen LogP contribution in [0.1, 0.15) is 14.4 Å². The van der Waals surface area contributed by atoms with E-state index < -0.39 is 0 Å². The summed E-state index contributed by atoms with van der Waals surface area (Å²) in [6, 6.07) is 0. The van der Waals surface area contributed by atoms with Crippen molar-refractivity contribution in [2.75, 3.05) is 34.0 Å². The number of hydrogen-bond acceptors (Lipinski definition) is 3. The van der Waals surface area contributed by atoms with E-state index in [1.54, 1.807) is 7.11 Å². The first-order valence-electron chi connectivity index (χ1n) is 4.34. The molecule has 3 nitrogen and oxygen atoms in total. The fraction of sp³-hybridized carbons (Fsp3) is 0.800. The van der Waals surface area contributed by atoms with Crippen LogP contribution in [0.4, 0.5) is 0 Å². The van der Waals surface area contributed by atoms with Gasteiger partial charge in [0.05, 0.1) is 13.3 Å². The summed E-state index contributed by atoms with van der Waals surface area (Å²) in [5.74, 6) is 0.603. The Bertz CT molecular complexity index is 159. The monoisotopic (exact) mass is 186 g/mol. The summed E-state index contributed by atoms with van der Waals surface area (Å²) in [4.78, 5) is 4.46. The highest BCUT2D eigenvalue weighted by Gasteiger charge is 2.11. The molecule has 3 heteroatoms. The van der Waals surface area contributed by atoms with Crippen LogP contribution >= 0.6 is 0 Å². The van der Waals surface area contributed by atoms with Gasteiger partial charge in [-0.1, -0.05) is 14.4 Å². The van der Waals surface area contributed by atoms with Crippen molar-refractivity contribution in [2.45, 2.75) is 14.4 Å². The van der Waals surface area contributed by atoms with Crippen LogP contribution < -0.4 is 0 Å². The van der Waals surface area contributed by atoms with Gasteiger partial charge in [0.1, 0.15) is 0 Å². The lowest BCUT2D eigenvalue weighted by atomic mass is 10.2. The van der Waals surface area contributed by atoms with Gasteiger partial charge in [-0.25, -0.2) is 0 Å². The molecule has 1 aliphatic heterocycles. The molecular formula is C10H22N2O. The summed E-state index contributed by atoms with van der Waals surface area (Å²) >= 11 is 0. The van der Waals surface area contributed by atoms with Crippen molar-refractivity contribution in [1.82, 2.24) is 9.80 Å². The first kappa shape index (κ1) is 12.3. The summed E-state index contributed by atoms with van der Waals surface area (Å²) < 4.78 is 5.08. The molecule has 0 bridgehead atoms. The molecule has 78 valence electrons. The van der Waals surface area contributed by atoms with Gasteiger partial charge in [-0.2, -0.15) is 0 Å². The molecule has 0 aliphatic carbocycles. The third-order valence-electron chi connectivity index (χ3n) is 1.93. The Morgan fingerprint density at radius 1 is 1.46 bits per heavy atom. The van der Waals surface area contributed by atoms with Gasteiger partial charge < -0.3 is 14.5 Å². The predicted molar refractivity (Wildman–Crippen MR) is 56.2 cm³/mol. The molecule has 1 aliphatic rings. The Morgan fingerprint density at radius 3 is 2.62 bits per heavy atom. The summed E-state index contributed by atoms with van der Waals surface area (Å²) in [6.07, 6.45) is 4.23. The van der Waals surface area contributed by atoms with E-state index in [9.17, 15) is 0 Å². The van der Waals surface area contributed by atoms with E-state index in [1.807, 2.05) is 0 Å². The predicted octanol–water partition coefficient (Wildman–Crippen LogP) is 1.58. The minimum Gasteiger partial charge on any atom is -0.384 e. The standard InChI is InChI=1S/C9H18N2O.CH4/c1-9(7-12-3)6-11-5-4-10(2)8-11;/h4-5,9H,6-8H2,1-3H3;1H4. The fourth-order valence-corrected chi connectivity index (χ4v) is 1.45. The van der Waals surface area contributed by atoms with E-state index in [0.29, 0.717) is 5.92 Å². The summed E-state index contributed by atoms with van der Waals surface area (Å²) in [5, 5.41) is 0. The maximum Gasteiger partial charge on any atom is 0.0890 e. The Labute approximate surface area is 82.0 Å². The van der Waals surface area contributed by atoms with Gasteiger partial charge in [0.25, 0.3) is 0 Å². The number of rotatable bonds is 4. The molecular weight excluding hydrogens is 164 g/mol. The molecule has 0 saturated carbocycles. The highest BCUT2D eigenvalue weighted by molar-refractivity contribution is 4.88. The molecule has 0 fully saturated rings. The van der Waals surface area contributed by atoms with E-state index in [2.05, 4.69) is 36.2 Å². The zero-order valence-corrected chi connectivity index (χ0v) is 8.16. The van der Waals surface area contributed by atoms with E-state index >= 15 is 0 Å². The highest BCUT2D eigenvalue weighted by atomic mass is 16.5. The first-order valence-corrected chi connectivity index (χ1v) is 4.34. The molecule has 0 radical (unpaired) electrons. The molecule has 1 atom stereocenters. The van der Waals surface area contributed by atoms with Gasteiger partial charge in [0.15, 0.2) is 0 Å². The molecule has 0 saturated heterocycles. The Hall–Kier alpha value is -0.700. The molecule has 0 aromatic carbocycles. The lowest BCUT2D eigenvalue weighted by Gasteiger charge is -2.21. The second-order valence-corrected chi connectivity index (χ2v) is 3.53. The van der Waals surface area contributed by atoms with E-state index in [-0.39, 0.29) is 7.43 Å². The summed E-state index contributed by atoms with van der Waals surface area (Å²) in [6.45, 7) is 5.13. The summed E-state index contributed by atoms with van der Waals surface area (Å²) in [5.41, 5.74) is 0. The van der Waals surface area contributed by atoms with Crippen LogP contribution in [0.3, 0.4) is 0 Å². The van der Waals surface area contributed by atoms with Gasteiger partial charge in [0, 0.05) is 33.1 Å². The van der Waals surface area contributed by atoms with E-state index in [1.165, 1.54) is 0 Å². The molecule has 0 amide bonds. The smallest absolute Gasteiger partial charge is 0.0890 e. The molecule has 1 heterocycles. The minimum atomic E-state index is 0. The number of nitrogens with zero attached hydrogens (tertiary/aromatic N) is 2. The molecule has 0 aromatic heterocycles. The quantitative estimate of drug-likeness (QED) is 0.663. The van der Waals surface area contributed by atoms with Crippen molar-refractivity contribution in [2.24, 2.45) is 5.92 Å². The van der Waals surface area contributed by atoms with Gasteiger partial charge >= 0.3 is 0 Å². The van der Waals surface area contributed by atoms with Crippen molar-refractivity contribution in [3.05, 3.63) is 12.4 Å². The molecule has 1 rings (SSSR count). The Morgan fingerprint density at radius 2 is 2.15 bits per heavy atom. The first-order chi connectivity index (χ1) is 5.72. The van der Waals surface area contributed by atoms with Crippen LogP contribution in [0.15, 0.2) is 12.4 Å². The van der Waals surface area contributed by atoms with Crippen LogP contribution in [0, 0.1) is 5.92 Å². The second-order valence-electron chi connectivity index (χ2n) is 3.53. The van der Waals surface area contributed by atoms with Crippen LogP contribution in [0.2, 0.25) is 0 Å². The van der Waals surface area contributed by atoms with Gasteiger partial charge in [-0.3, -0.25) is 0 Å². The maximum absolute atomic E-state index is 5.08. The summed E-state index contributed by atoms with van der Waals surface area (Å²) in [7, 11) is 3.83. The highest BCUT2D eigenvalue weighted by Crippen LogP contribution is 2.07. The van der Waals surface area contributed by atoms with Crippen LogP contribution in [-0.4, -0.2) is 43.8 Å². The lowest BCUT2D eigenvalue weighted by Crippen LogP contribution is -2.28. The number of methoxy groups -OCH3 is 1. The van der Waals surface area contributed by atoms with E-state index in [0.717, 1.165) is 19.8 Å². The molecule has 0 spiro atoms. The number of ether oxygens (including phenoxy) is 1. The van der Waals surface area contributed by atoms with Crippen molar-refractivity contribution in [3.8, 4) is 0 Å². The largest absolute Gasteiger partial charge is 0.384 e. The molecule has 1 unspecified atom stereocenters. The third-order valence-corrected chi connectivity index (χ3v) is 1.93. The minimum absolute atomic E-state index is 0. The third kappa shape index (κ3) is 4.18. The van der Waals surface area contributed by atoms with Crippen LogP contribution in [-0.2, 0) is 4.74 Å². The van der Waals surface area contributed by atoms with Gasteiger partial charge in [-0.15, -0.1) is 0 Å². The van der Waals surface area contributed by atoms with Crippen molar-refractivity contribution < 1.29 is 4.74 Å². The van der Waals surface area contributed by atoms with Gasteiger partial charge in [0.2, 0.25) is 0 Å². The lowest BCUT2D eigenvalue weighted by molar-refractivity contribution is 0.138. The zero-order valence-electron chi connectivity index (χ0n) is 8.16. The second kappa shape index (κ2) is 5.86. The van der Waals surface area contributed by atoms with Gasteiger partial charge in [-0.05, 0) is 5.92 Å². The Balaban J connectivity index is 0.00000144. The fourth-order valence-electron chi connectivity index (χ4n) is 1.45. The van der Waals surface area contributed by atoms with Crippen molar-refractivity contribution in [3.63, 3.8) is 0 Å². The van der Waals surface area contributed by atoms with Crippen LogP contribution in [0.25, 0.3) is 0 Å². The maximum atomic E-state index is 5.08. The zero-order chi connectivity index (χ0) is 8.97. The number of hydrogen-bond donors (Lipinski definition) is 0. The molecule has 13 heavy (non-hydrogen) atoms. The SMILES string of the molecule is C.COCC(C)CN1C=CN(C)C1. The van der Waals surface area contributed by atoms with Crippen molar-refractivity contribution >= 4 is 0 Å². The topological polar surface area (TPSA) is 15.7 Å². The molecule has 0 N–H and O–H groups in total. The van der Waals surface area contributed by atoms with E-state index in [4.69, 9.17) is 4.74 Å². The van der Waals surface area contributed by atoms with Crippen molar-refractivity contribution in [1.29, 1.82) is 0 Å². The average Bonchev–Trinajstić information content (AvgIpc) is 2.36.